The van der Waals surface area contributed by atoms with Gasteiger partial charge in [-0.3, -0.25) is 4.90 Å². The fourth-order valence-electron chi connectivity index (χ4n) is 4.07. The lowest BCUT2D eigenvalue weighted by Crippen LogP contribution is -2.53. The van der Waals surface area contributed by atoms with Crippen LogP contribution in [0.15, 0.2) is 24.3 Å². The topological polar surface area (TPSA) is 44.5 Å². The number of fused-ring (bicyclic) bond motifs is 1. The number of benzene rings is 1. The van der Waals surface area contributed by atoms with E-state index in [0.717, 1.165) is 50.4 Å². The minimum Gasteiger partial charge on any atom is -0.387 e. The molecule has 0 unspecified atom stereocenters. The normalized spacial score (nSPS) is 22.4. The van der Waals surface area contributed by atoms with Gasteiger partial charge in [-0.05, 0) is 51.5 Å². The van der Waals surface area contributed by atoms with Crippen LogP contribution in [-0.4, -0.2) is 63.8 Å². The quantitative estimate of drug-likeness (QED) is 0.875. The predicted octanol–water partition coefficient (Wildman–Crippen LogP) is 2.58. The molecule has 25 heavy (non-hydrogen) atoms. The van der Waals surface area contributed by atoms with E-state index in [1.54, 1.807) is 0 Å². The van der Waals surface area contributed by atoms with Gasteiger partial charge in [0.2, 0.25) is 0 Å². The van der Waals surface area contributed by atoms with Crippen molar-refractivity contribution in [2.45, 2.75) is 45.4 Å². The Balaban J connectivity index is 1.82. The summed E-state index contributed by atoms with van der Waals surface area (Å²) in [6.45, 7) is 8.73. The van der Waals surface area contributed by atoms with Crippen molar-refractivity contribution in [2.75, 3.05) is 33.7 Å². The Morgan fingerprint density at radius 3 is 2.76 bits per heavy atom. The first kappa shape index (κ1) is 18.4. The first-order valence-electron chi connectivity index (χ1n) is 9.40. The highest BCUT2D eigenvalue weighted by molar-refractivity contribution is 5.75. The van der Waals surface area contributed by atoms with E-state index in [1.165, 1.54) is 5.52 Å². The number of nitrogens with zero attached hydrogens (tertiary/aromatic N) is 4. The lowest BCUT2D eigenvalue weighted by atomic mass is 9.92. The summed E-state index contributed by atoms with van der Waals surface area (Å²) in [6.07, 6.45) is 1.92. The number of para-hydroxylation sites is 2. The highest BCUT2D eigenvalue weighted by Gasteiger charge is 2.34. The van der Waals surface area contributed by atoms with Gasteiger partial charge in [0.05, 0.1) is 23.2 Å². The Labute approximate surface area is 151 Å². The van der Waals surface area contributed by atoms with Crippen molar-refractivity contribution in [1.29, 1.82) is 0 Å². The number of likely N-dealkylation sites (N-methyl/N-ethyl adjacent to an activating group) is 1. The number of rotatable bonds is 6. The van der Waals surface area contributed by atoms with Crippen LogP contribution in [0.25, 0.3) is 11.0 Å². The average molecular weight is 345 g/mol. The van der Waals surface area contributed by atoms with Crippen LogP contribution in [0.3, 0.4) is 0 Å². The van der Waals surface area contributed by atoms with Crippen LogP contribution in [0.5, 0.6) is 0 Å². The molecule has 0 saturated carbocycles. The van der Waals surface area contributed by atoms with Gasteiger partial charge in [-0.15, -0.1) is 0 Å². The van der Waals surface area contributed by atoms with Crippen molar-refractivity contribution in [1.82, 2.24) is 19.4 Å². The van der Waals surface area contributed by atoms with Crippen LogP contribution in [0, 0.1) is 5.92 Å². The van der Waals surface area contributed by atoms with Gasteiger partial charge in [-0.1, -0.05) is 26.0 Å². The molecule has 1 fully saturated rings. The molecule has 0 aliphatic carbocycles. The molecule has 1 atom stereocenters. The van der Waals surface area contributed by atoms with Crippen LogP contribution < -0.4 is 0 Å². The zero-order valence-electron chi connectivity index (χ0n) is 16.1. The third-order valence-corrected chi connectivity index (χ3v) is 4.89. The van der Waals surface area contributed by atoms with E-state index in [9.17, 15) is 5.11 Å². The van der Waals surface area contributed by atoms with Gasteiger partial charge >= 0.3 is 0 Å². The van der Waals surface area contributed by atoms with E-state index >= 15 is 0 Å². The SMILES string of the molecule is CC(C)Cn1c(CN2CCC[C@@](O)(CN(C)C)C2)nc2ccccc21. The molecule has 0 amide bonds. The van der Waals surface area contributed by atoms with Crippen molar-refractivity contribution in [3.8, 4) is 0 Å². The number of piperidine rings is 1. The summed E-state index contributed by atoms with van der Waals surface area (Å²) in [4.78, 5) is 9.34. The second-order valence-electron chi connectivity index (χ2n) is 8.30. The molecule has 0 bridgehead atoms. The Morgan fingerprint density at radius 1 is 1.28 bits per heavy atom. The molecule has 0 radical (unpaired) electrons. The molecule has 0 spiro atoms. The van der Waals surface area contributed by atoms with Gasteiger partial charge in [-0.25, -0.2) is 4.98 Å². The number of β-amino-alcohol motifs (C(OH)–C–C–N with tert-alkyl or cyclic N) is 1. The summed E-state index contributed by atoms with van der Waals surface area (Å²) in [7, 11) is 4.05. The number of likely N-dealkylation sites (tertiary alicyclic amines) is 1. The maximum Gasteiger partial charge on any atom is 0.124 e. The first-order chi connectivity index (χ1) is 11.9. The number of imidazole rings is 1. The van der Waals surface area contributed by atoms with E-state index in [4.69, 9.17) is 4.98 Å². The standard InChI is InChI=1S/C20H32N4O/c1-16(2)12-24-18-9-6-5-8-17(18)21-19(24)13-23-11-7-10-20(25,15-23)14-22(3)4/h5-6,8-9,16,25H,7,10-15H2,1-4H3/t20-/m1/s1. The molecule has 1 aliphatic rings. The van der Waals surface area contributed by atoms with Crippen molar-refractivity contribution < 1.29 is 5.11 Å². The number of hydrogen-bond acceptors (Lipinski definition) is 4. The zero-order chi connectivity index (χ0) is 18.0. The van der Waals surface area contributed by atoms with Gasteiger partial charge < -0.3 is 14.6 Å². The average Bonchev–Trinajstić information content (AvgIpc) is 2.83. The van der Waals surface area contributed by atoms with E-state index in [2.05, 4.69) is 52.5 Å². The van der Waals surface area contributed by atoms with E-state index in [-0.39, 0.29) is 0 Å². The Hall–Kier alpha value is -1.43. The smallest absolute Gasteiger partial charge is 0.124 e. The monoisotopic (exact) mass is 344 g/mol. The summed E-state index contributed by atoms with van der Waals surface area (Å²) in [6, 6.07) is 8.39. The molecule has 1 saturated heterocycles. The van der Waals surface area contributed by atoms with Crippen molar-refractivity contribution in [3.63, 3.8) is 0 Å². The molecule has 5 heteroatoms. The summed E-state index contributed by atoms with van der Waals surface area (Å²) >= 11 is 0. The maximum absolute atomic E-state index is 10.9. The highest BCUT2D eigenvalue weighted by atomic mass is 16.3. The molecule has 1 N–H and O–H groups in total. The minimum absolute atomic E-state index is 0.573. The first-order valence-corrected chi connectivity index (χ1v) is 9.40. The molecule has 5 nitrogen and oxygen atoms in total. The van der Waals surface area contributed by atoms with E-state index in [1.807, 2.05) is 14.1 Å². The summed E-state index contributed by atoms with van der Waals surface area (Å²) in [5.74, 6) is 1.69. The maximum atomic E-state index is 10.9. The number of aromatic nitrogens is 2. The van der Waals surface area contributed by atoms with Gasteiger partial charge in [0.25, 0.3) is 0 Å². The molecule has 138 valence electrons. The Bertz CT molecular complexity index is 709. The predicted molar refractivity (Wildman–Crippen MR) is 103 cm³/mol. The number of aliphatic hydroxyl groups is 1. The number of hydrogen-bond donors (Lipinski definition) is 1. The van der Waals surface area contributed by atoms with Crippen molar-refractivity contribution in [3.05, 3.63) is 30.1 Å². The molecule has 1 aromatic carbocycles. The molecular formula is C20H32N4O. The van der Waals surface area contributed by atoms with Crippen LogP contribution in [0.1, 0.15) is 32.5 Å². The highest BCUT2D eigenvalue weighted by Crippen LogP contribution is 2.25. The Morgan fingerprint density at radius 2 is 2.04 bits per heavy atom. The molecule has 1 aromatic heterocycles. The van der Waals surface area contributed by atoms with Crippen molar-refractivity contribution in [2.24, 2.45) is 5.92 Å². The van der Waals surface area contributed by atoms with E-state index < -0.39 is 5.60 Å². The summed E-state index contributed by atoms with van der Waals surface area (Å²) < 4.78 is 2.36. The second kappa shape index (κ2) is 7.44. The zero-order valence-corrected chi connectivity index (χ0v) is 16.1. The van der Waals surface area contributed by atoms with Crippen LogP contribution in [0.4, 0.5) is 0 Å². The van der Waals surface area contributed by atoms with Gasteiger partial charge in [0.15, 0.2) is 0 Å². The summed E-state index contributed by atoms with van der Waals surface area (Å²) in [5, 5.41) is 10.9. The third kappa shape index (κ3) is 4.40. The van der Waals surface area contributed by atoms with Crippen molar-refractivity contribution >= 4 is 11.0 Å². The third-order valence-electron chi connectivity index (χ3n) is 4.89. The van der Waals surface area contributed by atoms with Gasteiger partial charge in [0.1, 0.15) is 5.82 Å². The van der Waals surface area contributed by atoms with E-state index in [0.29, 0.717) is 12.5 Å². The van der Waals surface area contributed by atoms with Crippen LogP contribution in [-0.2, 0) is 13.1 Å². The molecule has 1 aliphatic heterocycles. The lowest BCUT2D eigenvalue weighted by molar-refractivity contribution is -0.0487. The molecule has 2 heterocycles. The molecule has 3 rings (SSSR count). The van der Waals surface area contributed by atoms with Gasteiger partial charge in [-0.2, -0.15) is 0 Å². The second-order valence-corrected chi connectivity index (χ2v) is 8.30. The lowest BCUT2D eigenvalue weighted by Gasteiger charge is -2.40. The molecule has 2 aromatic rings. The fraction of sp³-hybridized carbons (Fsp3) is 0.650. The van der Waals surface area contributed by atoms with Gasteiger partial charge in [0, 0.05) is 19.6 Å². The minimum atomic E-state index is -0.614. The summed E-state index contributed by atoms with van der Waals surface area (Å²) in [5.41, 5.74) is 1.67. The largest absolute Gasteiger partial charge is 0.387 e. The molecular weight excluding hydrogens is 312 g/mol. The van der Waals surface area contributed by atoms with Crippen LogP contribution in [0.2, 0.25) is 0 Å². The fourth-order valence-corrected chi connectivity index (χ4v) is 4.07. The van der Waals surface area contributed by atoms with Crippen LogP contribution >= 0.6 is 0 Å². The Kier molecular flexibility index (Phi) is 5.46.